The fourth-order valence-corrected chi connectivity index (χ4v) is 2.32. The molecule has 1 heterocycles. The van der Waals surface area contributed by atoms with Gasteiger partial charge in [0.1, 0.15) is 5.60 Å². The second-order valence-corrected chi connectivity index (χ2v) is 6.48. The Labute approximate surface area is 121 Å². The number of carbonyl (C=O) groups is 2. The zero-order chi connectivity index (χ0) is 15.3. The van der Waals surface area contributed by atoms with Crippen molar-refractivity contribution in [2.24, 2.45) is 5.73 Å². The molecule has 0 aromatic heterocycles. The van der Waals surface area contributed by atoms with Crippen LogP contribution in [0.25, 0.3) is 0 Å². The maximum absolute atomic E-state index is 11.9. The van der Waals surface area contributed by atoms with Crippen LogP contribution < -0.4 is 11.1 Å². The quantitative estimate of drug-likeness (QED) is 0.814. The molecule has 0 aliphatic carbocycles. The summed E-state index contributed by atoms with van der Waals surface area (Å²) in [4.78, 5) is 24.5. The summed E-state index contributed by atoms with van der Waals surface area (Å²) in [7, 11) is 0. The van der Waals surface area contributed by atoms with Crippen molar-refractivity contribution >= 4 is 12.0 Å². The number of rotatable bonds is 4. The van der Waals surface area contributed by atoms with Crippen LogP contribution in [0.5, 0.6) is 0 Å². The van der Waals surface area contributed by atoms with Gasteiger partial charge in [0.15, 0.2) is 0 Å². The Balaban J connectivity index is 2.33. The third-order valence-electron chi connectivity index (χ3n) is 3.17. The summed E-state index contributed by atoms with van der Waals surface area (Å²) in [5.74, 6) is -0.295. The maximum atomic E-state index is 11.9. The van der Waals surface area contributed by atoms with Crippen LogP contribution in [0.1, 0.15) is 47.0 Å². The number of carbonyl (C=O) groups excluding carboxylic acids is 2. The lowest BCUT2D eigenvalue weighted by Gasteiger charge is -2.34. The smallest absolute Gasteiger partial charge is 0.410 e. The lowest BCUT2D eigenvalue weighted by Crippen LogP contribution is -2.48. The van der Waals surface area contributed by atoms with E-state index in [0.717, 1.165) is 12.8 Å². The number of primary amides is 1. The van der Waals surface area contributed by atoms with E-state index in [4.69, 9.17) is 10.5 Å². The minimum absolute atomic E-state index is 0.0746. The predicted molar refractivity (Wildman–Crippen MR) is 77.2 cm³/mol. The molecule has 1 unspecified atom stereocenters. The number of amides is 2. The Bertz CT molecular complexity index is 344. The van der Waals surface area contributed by atoms with Crippen molar-refractivity contribution in [3.63, 3.8) is 0 Å². The molecule has 0 spiro atoms. The Kier molecular flexibility index (Phi) is 5.80. The molecule has 20 heavy (non-hydrogen) atoms. The summed E-state index contributed by atoms with van der Waals surface area (Å²) < 4.78 is 5.35. The van der Waals surface area contributed by atoms with E-state index in [-0.39, 0.29) is 18.0 Å². The minimum atomic E-state index is -0.456. The zero-order valence-corrected chi connectivity index (χ0v) is 12.9. The largest absolute Gasteiger partial charge is 0.444 e. The molecule has 6 nitrogen and oxygen atoms in total. The van der Waals surface area contributed by atoms with E-state index in [9.17, 15) is 9.59 Å². The van der Waals surface area contributed by atoms with E-state index < -0.39 is 5.60 Å². The van der Waals surface area contributed by atoms with E-state index in [1.807, 2.05) is 27.7 Å². The summed E-state index contributed by atoms with van der Waals surface area (Å²) in [6, 6.07) is 0.397. The molecule has 0 bridgehead atoms. The molecular formula is C14H27N3O3. The third-order valence-corrected chi connectivity index (χ3v) is 3.17. The van der Waals surface area contributed by atoms with E-state index >= 15 is 0 Å². The number of hydrogen-bond donors (Lipinski definition) is 2. The first-order valence-electron chi connectivity index (χ1n) is 7.19. The fraction of sp³-hybridized carbons (Fsp3) is 0.857. The van der Waals surface area contributed by atoms with Crippen molar-refractivity contribution in [1.29, 1.82) is 0 Å². The van der Waals surface area contributed by atoms with Gasteiger partial charge in [-0.2, -0.15) is 0 Å². The van der Waals surface area contributed by atoms with E-state index in [2.05, 4.69) is 5.32 Å². The summed E-state index contributed by atoms with van der Waals surface area (Å²) in [6.45, 7) is 8.90. The Hall–Kier alpha value is -1.30. The van der Waals surface area contributed by atoms with Crippen LogP contribution in [0.15, 0.2) is 0 Å². The van der Waals surface area contributed by atoms with Gasteiger partial charge in [-0.3, -0.25) is 4.79 Å². The van der Waals surface area contributed by atoms with Gasteiger partial charge >= 0.3 is 6.09 Å². The fourth-order valence-electron chi connectivity index (χ4n) is 2.32. The molecule has 1 fully saturated rings. The van der Waals surface area contributed by atoms with Crippen LogP contribution in [0, 0.1) is 0 Å². The molecule has 0 saturated carbocycles. The molecule has 1 rings (SSSR count). The zero-order valence-electron chi connectivity index (χ0n) is 12.9. The van der Waals surface area contributed by atoms with Gasteiger partial charge in [0.25, 0.3) is 0 Å². The van der Waals surface area contributed by atoms with Crippen LogP contribution in [-0.4, -0.2) is 47.7 Å². The summed E-state index contributed by atoms with van der Waals surface area (Å²) >= 11 is 0. The van der Waals surface area contributed by atoms with E-state index in [1.165, 1.54) is 0 Å². The minimum Gasteiger partial charge on any atom is -0.444 e. The van der Waals surface area contributed by atoms with E-state index in [1.54, 1.807) is 4.90 Å². The number of nitrogens with zero attached hydrogens (tertiary/aromatic N) is 1. The second-order valence-electron chi connectivity index (χ2n) is 6.48. The van der Waals surface area contributed by atoms with Crippen LogP contribution in [0.2, 0.25) is 0 Å². The van der Waals surface area contributed by atoms with Gasteiger partial charge in [-0.25, -0.2) is 4.79 Å². The van der Waals surface area contributed by atoms with Gasteiger partial charge in [0.05, 0.1) is 0 Å². The highest BCUT2D eigenvalue weighted by molar-refractivity contribution is 5.74. The molecule has 2 amide bonds. The van der Waals surface area contributed by atoms with Gasteiger partial charge < -0.3 is 20.7 Å². The molecule has 116 valence electrons. The van der Waals surface area contributed by atoms with Crippen molar-refractivity contribution in [2.75, 3.05) is 13.1 Å². The van der Waals surface area contributed by atoms with Crippen molar-refractivity contribution in [3.8, 4) is 0 Å². The number of nitrogens with one attached hydrogen (secondary N) is 1. The summed E-state index contributed by atoms with van der Waals surface area (Å²) in [6.07, 6.45) is 1.82. The van der Waals surface area contributed by atoms with E-state index in [0.29, 0.717) is 25.6 Å². The topological polar surface area (TPSA) is 84.7 Å². The number of nitrogens with two attached hydrogens (primary N) is 1. The number of hydrogen-bond acceptors (Lipinski definition) is 4. The normalized spacial score (nSPS) is 18.7. The average molecular weight is 285 g/mol. The van der Waals surface area contributed by atoms with Crippen molar-refractivity contribution in [2.45, 2.75) is 64.6 Å². The molecule has 1 aliphatic heterocycles. The Morgan fingerprint density at radius 3 is 2.35 bits per heavy atom. The lowest BCUT2D eigenvalue weighted by atomic mass is 10.0. The number of ether oxygens (including phenoxy) is 1. The molecular weight excluding hydrogens is 258 g/mol. The number of likely N-dealkylation sites (tertiary alicyclic amines) is 1. The van der Waals surface area contributed by atoms with Gasteiger partial charge in [-0.05, 0) is 40.5 Å². The predicted octanol–water partition coefficient (Wildman–Crippen LogP) is 1.24. The van der Waals surface area contributed by atoms with Crippen LogP contribution in [0.4, 0.5) is 4.79 Å². The van der Waals surface area contributed by atoms with Crippen LogP contribution >= 0.6 is 0 Å². The molecule has 0 aromatic rings. The highest BCUT2D eigenvalue weighted by atomic mass is 16.6. The number of piperidine rings is 1. The highest BCUT2D eigenvalue weighted by Gasteiger charge is 2.27. The molecule has 3 N–H and O–H groups in total. The summed E-state index contributed by atoms with van der Waals surface area (Å²) in [5.41, 5.74) is 4.71. The van der Waals surface area contributed by atoms with Crippen LogP contribution in [-0.2, 0) is 9.53 Å². The molecule has 6 heteroatoms. The lowest BCUT2D eigenvalue weighted by molar-refractivity contribution is -0.118. The van der Waals surface area contributed by atoms with Crippen molar-refractivity contribution in [3.05, 3.63) is 0 Å². The highest BCUT2D eigenvalue weighted by Crippen LogP contribution is 2.16. The standard InChI is InChI=1S/C14H27N3O3/c1-10(9-12(15)18)16-11-5-7-17(8-6-11)13(19)20-14(2,3)4/h10-11,16H,5-9H2,1-4H3,(H2,15,18). The van der Waals surface area contributed by atoms with Gasteiger partial charge in [-0.1, -0.05) is 0 Å². The van der Waals surface area contributed by atoms with Gasteiger partial charge in [0, 0.05) is 31.6 Å². The molecule has 1 aliphatic rings. The first kappa shape index (κ1) is 16.8. The monoisotopic (exact) mass is 285 g/mol. The molecule has 0 radical (unpaired) electrons. The molecule has 0 aromatic carbocycles. The van der Waals surface area contributed by atoms with Crippen molar-refractivity contribution in [1.82, 2.24) is 10.2 Å². The molecule has 1 atom stereocenters. The van der Waals surface area contributed by atoms with Gasteiger partial charge in [-0.15, -0.1) is 0 Å². The SMILES string of the molecule is CC(CC(N)=O)NC1CCN(C(=O)OC(C)(C)C)CC1. The average Bonchev–Trinajstić information content (AvgIpc) is 2.26. The molecule has 1 saturated heterocycles. The third kappa shape index (κ3) is 6.23. The first-order chi connectivity index (χ1) is 9.17. The Morgan fingerprint density at radius 1 is 1.35 bits per heavy atom. The summed E-state index contributed by atoms with van der Waals surface area (Å²) in [5, 5.41) is 3.38. The second kappa shape index (κ2) is 6.92. The maximum Gasteiger partial charge on any atom is 0.410 e. The van der Waals surface area contributed by atoms with Crippen LogP contribution in [0.3, 0.4) is 0 Å². The Morgan fingerprint density at radius 2 is 1.90 bits per heavy atom. The van der Waals surface area contributed by atoms with Crippen molar-refractivity contribution < 1.29 is 14.3 Å². The van der Waals surface area contributed by atoms with Gasteiger partial charge in [0.2, 0.25) is 5.91 Å². The first-order valence-corrected chi connectivity index (χ1v) is 7.19.